The molecule has 2 amide bonds. The number of esters is 1. The minimum atomic E-state index is -0.568. The Labute approximate surface area is 168 Å². The minimum absolute atomic E-state index is 0.160. The Morgan fingerprint density at radius 2 is 1.89 bits per heavy atom. The molecule has 146 valence electrons. The van der Waals surface area contributed by atoms with Crippen LogP contribution in [-0.4, -0.2) is 35.8 Å². The second kappa shape index (κ2) is 9.37. The van der Waals surface area contributed by atoms with Crippen molar-refractivity contribution >= 4 is 29.4 Å². The summed E-state index contributed by atoms with van der Waals surface area (Å²) in [7, 11) is 0. The van der Waals surface area contributed by atoms with Crippen LogP contribution in [0.1, 0.15) is 34.3 Å². The van der Waals surface area contributed by atoms with Gasteiger partial charge < -0.3 is 15.0 Å². The fourth-order valence-electron chi connectivity index (χ4n) is 2.95. The van der Waals surface area contributed by atoms with Crippen LogP contribution in [0.5, 0.6) is 0 Å². The number of hydrogen-bond acceptors (Lipinski definition) is 4. The molecule has 0 saturated carbocycles. The lowest BCUT2D eigenvalue weighted by atomic mass is 10.1. The summed E-state index contributed by atoms with van der Waals surface area (Å²) in [6.45, 7) is 1.26. The number of carbonyl (C=O) groups excluding carboxylic acids is 3. The highest BCUT2D eigenvalue weighted by Gasteiger charge is 2.20. The minimum Gasteiger partial charge on any atom is -0.452 e. The molecule has 1 aliphatic rings. The van der Waals surface area contributed by atoms with E-state index in [1.165, 1.54) is 0 Å². The maximum atomic E-state index is 12.1. The fourth-order valence-corrected chi connectivity index (χ4v) is 3.16. The van der Waals surface area contributed by atoms with Crippen LogP contribution in [-0.2, 0) is 27.4 Å². The second-order valence-corrected chi connectivity index (χ2v) is 7.03. The molecule has 6 nitrogen and oxygen atoms in total. The van der Waals surface area contributed by atoms with Gasteiger partial charge in [-0.1, -0.05) is 35.9 Å². The molecule has 1 aliphatic heterocycles. The molecule has 7 heteroatoms. The van der Waals surface area contributed by atoms with E-state index in [0.717, 1.165) is 24.1 Å². The van der Waals surface area contributed by atoms with Gasteiger partial charge >= 0.3 is 5.97 Å². The third kappa shape index (κ3) is 5.57. The van der Waals surface area contributed by atoms with Crippen molar-refractivity contribution < 1.29 is 19.1 Å². The first kappa shape index (κ1) is 19.9. The molecule has 1 fully saturated rings. The van der Waals surface area contributed by atoms with E-state index in [0.29, 0.717) is 30.1 Å². The van der Waals surface area contributed by atoms with Crippen LogP contribution in [0.15, 0.2) is 48.5 Å². The molecule has 3 rings (SSSR count). The number of halogens is 1. The molecule has 0 aliphatic carbocycles. The topological polar surface area (TPSA) is 75.7 Å². The molecule has 0 spiro atoms. The average molecular weight is 401 g/mol. The predicted octanol–water partition coefficient (Wildman–Crippen LogP) is 2.94. The summed E-state index contributed by atoms with van der Waals surface area (Å²) in [5.74, 6) is -0.800. The van der Waals surface area contributed by atoms with Crippen LogP contribution in [0.2, 0.25) is 5.02 Å². The standard InChI is InChI=1S/C21H21ClN2O4/c22-18-4-1-3-16(11-18)12-23-19(25)14-28-21(27)17-8-6-15(7-9-17)13-24-10-2-5-20(24)26/h1,3-4,6-9,11H,2,5,10,12-14H2,(H,23,25). The Bertz CT molecular complexity index is 867. The maximum Gasteiger partial charge on any atom is 0.338 e. The molecular weight excluding hydrogens is 380 g/mol. The van der Waals surface area contributed by atoms with Crippen LogP contribution >= 0.6 is 11.6 Å². The van der Waals surface area contributed by atoms with Gasteiger partial charge in [-0.25, -0.2) is 4.79 Å². The SMILES string of the molecule is O=C(COC(=O)c1ccc(CN2CCCC2=O)cc1)NCc1cccc(Cl)c1. The lowest BCUT2D eigenvalue weighted by Gasteiger charge is -2.15. The Balaban J connectivity index is 1.43. The normalized spacial score (nSPS) is 13.5. The molecule has 2 aromatic rings. The number of nitrogens with zero attached hydrogens (tertiary/aromatic N) is 1. The van der Waals surface area contributed by atoms with Crippen molar-refractivity contribution in [2.75, 3.05) is 13.2 Å². The van der Waals surface area contributed by atoms with Crippen LogP contribution in [0, 0.1) is 0 Å². The number of rotatable bonds is 7. The molecule has 1 heterocycles. The molecule has 0 radical (unpaired) electrons. The van der Waals surface area contributed by atoms with E-state index < -0.39 is 11.9 Å². The zero-order valence-corrected chi connectivity index (χ0v) is 16.1. The van der Waals surface area contributed by atoms with Gasteiger partial charge in [-0.3, -0.25) is 9.59 Å². The third-order valence-electron chi connectivity index (χ3n) is 4.45. The van der Waals surface area contributed by atoms with Crippen LogP contribution in [0.3, 0.4) is 0 Å². The molecule has 28 heavy (non-hydrogen) atoms. The molecular formula is C21H21ClN2O4. The monoisotopic (exact) mass is 400 g/mol. The van der Waals surface area contributed by atoms with E-state index in [2.05, 4.69) is 5.32 Å². The van der Waals surface area contributed by atoms with Crippen molar-refractivity contribution in [2.24, 2.45) is 0 Å². The van der Waals surface area contributed by atoms with Crippen molar-refractivity contribution in [2.45, 2.75) is 25.9 Å². The zero-order chi connectivity index (χ0) is 19.9. The second-order valence-electron chi connectivity index (χ2n) is 6.60. The van der Waals surface area contributed by atoms with Crippen molar-refractivity contribution in [1.82, 2.24) is 10.2 Å². The highest BCUT2D eigenvalue weighted by molar-refractivity contribution is 6.30. The third-order valence-corrected chi connectivity index (χ3v) is 4.68. The van der Waals surface area contributed by atoms with Crippen molar-refractivity contribution in [3.63, 3.8) is 0 Å². The van der Waals surface area contributed by atoms with Crippen molar-refractivity contribution in [3.8, 4) is 0 Å². The average Bonchev–Trinajstić information content (AvgIpc) is 3.09. The highest BCUT2D eigenvalue weighted by atomic mass is 35.5. The zero-order valence-electron chi connectivity index (χ0n) is 15.3. The highest BCUT2D eigenvalue weighted by Crippen LogP contribution is 2.15. The predicted molar refractivity (Wildman–Crippen MR) is 105 cm³/mol. The summed E-state index contributed by atoms with van der Waals surface area (Å²) in [4.78, 5) is 37.4. The number of benzene rings is 2. The lowest BCUT2D eigenvalue weighted by Crippen LogP contribution is -2.28. The number of carbonyl (C=O) groups is 3. The quantitative estimate of drug-likeness (QED) is 0.725. The first-order valence-corrected chi connectivity index (χ1v) is 9.44. The summed E-state index contributed by atoms with van der Waals surface area (Å²) in [5.41, 5.74) is 2.17. The molecule has 0 atom stereocenters. The smallest absolute Gasteiger partial charge is 0.338 e. The van der Waals surface area contributed by atoms with Gasteiger partial charge in [0, 0.05) is 31.1 Å². The Kier molecular flexibility index (Phi) is 6.66. The summed E-state index contributed by atoms with van der Waals surface area (Å²) in [6, 6.07) is 14.0. The first-order valence-electron chi connectivity index (χ1n) is 9.06. The fraction of sp³-hybridized carbons (Fsp3) is 0.286. The Hall–Kier alpha value is -2.86. The molecule has 0 unspecified atom stereocenters. The van der Waals surface area contributed by atoms with Crippen LogP contribution in [0.4, 0.5) is 0 Å². The van der Waals surface area contributed by atoms with Gasteiger partial charge in [-0.05, 0) is 41.8 Å². The van der Waals surface area contributed by atoms with Gasteiger partial charge in [0.2, 0.25) is 5.91 Å². The van der Waals surface area contributed by atoms with E-state index in [9.17, 15) is 14.4 Å². The van der Waals surface area contributed by atoms with Crippen molar-refractivity contribution in [3.05, 3.63) is 70.2 Å². The van der Waals surface area contributed by atoms with Gasteiger partial charge in [0.1, 0.15) is 0 Å². The van der Waals surface area contributed by atoms with Gasteiger partial charge in [0.25, 0.3) is 5.91 Å². The summed E-state index contributed by atoms with van der Waals surface area (Å²) in [6.07, 6.45) is 1.49. The summed E-state index contributed by atoms with van der Waals surface area (Å²) >= 11 is 5.89. The van der Waals surface area contributed by atoms with E-state index >= 15 is 0 Å². The molecule has 2 aromatic carbocycles. The summed E-state index contributed by atoms with van der Waals surface area (Å²) < 4.78 is 5.05. The first-order chi connectivity index (χ1) is 13.5. The van der Waals surface area contributed by atoms with E-state index in [4.69, 9.17) is 16.3 Å². The number of ether oxygens (including phenoxy) is 1. The van der Waals surface area contributed by atoms with Gasteiger partial charge in [-0.2, -0.15) is 0 Å². The van der Waals surface area contributed by atoms with E-state index in [1.807, 2.05) is 6.07 Å². The van der Waals surface area contributed by atoms with Gasteiger partial charge in [-0.15, -0.1) is 0 Å². The molecule has 0 bridgehead atoms. The van der Waals surface area contributed by atoms with Gasteiger partial charge in [0.05, 0.1) is 5.56 Å². The molecule has 1 N–H and O–H groups in total. The lowest BCUT2D eigenvalue weighted by molar-refractivity contribution is -0.128. The van der Waals surface area contributed by atoms with E-state index in [1.54, 1.807) is 47.4 Å². The number of amides is 2. The number of nitrogens with one attached hydrogen (secondary N) is 1. The summed E-state index contributed by atoms with van der Waals surface area (Å²) in [5, 5.41) is 3.27. The number of hydrogen-bond donors (Lipinski definition) is 1. The van der Waals surface area contributed by atoms with Crippen LogP contribution in [0.25, 0.3) is 0 Å². The molecule has 0 aromatic heterocycles. The molecule has 1 saturated heterocycles. The van der Waals surface area contributed by atoms with Gasteiger partial charge in [0.15, 0.2) is 6.61 Å². The number of likely N-dealkylation sites (tertiary alicyclic amines) is 1. The largest absolute Gasteiger partial charge is 0.452 e. The Morgan fingerprint density at radius 1 is 1.11 bits per heavy atom. The van der Waals surface area contributed by atoms with Crippen molar-refractivity contribution in [1.29, 1.82) is 0 Å². The van der Waals surface area contributed by atoms with E-state index in [-0.39, 0.29) is 12.5 Å². The maximum absolute atomic E-state index is 12.1. The van der Waals surface area contributed by atoms with Crippen LogP contribution < -0.4 is 5.32 Å². The Morgan fingerprint density at radius 3 is 2.57 bits per heavy atom.